The van der Waals surface area contributed by atoms with Gasteiger partial charge in [-0.1, -0.05) is 6.92 Å². The Kier molecular flexibility index (Phi) is 3.92. The molecule has 0 bridgehead atoms. The molecule has 2 aromatic rings. The quantitative estimate of drug-likeness (QED) is 0.872. The molecule has 6 nitrogen and oxygen atoms in total. The maximum Gasteiger partial charge on any atom is 0.153 e. The minimum Gasteiger partial charge on any atom is -0.382 e. The van der Waals surface area contributed by atoms with Crippen molar-refractivity contribution < 1.29 is 4.74 Å². The average Bonchev–Trinajstić information content (AvgIpc) is 3.16. The fourth-order valence-corrected chi connectivity index (χ4v) is 2.44. The largest absolute Gasteiger partial charge is 0.382 e. The molecule has 1 saturated heterocycles. The van der Waals surface area contributed by atoms with E-state index >= 15 is 0 Å². The molecule has 1 aliphatic heterocycles. The van der Waals surface area contributed by atoms with Gasteiger partial charge >= 0.3 is 0 Å². The Labute approximate surface area is 118 Å². The number of pyridine rings is 1. The zero-order chi connectivity index (χ0) is 13.8. The van der Waals surface area contributed by atoms with Crippen molar-refractivity contribution in [1.82, 2.24) is 20.2 Å². The number of rotatable bonds is 5. The fourth-order valence-electron chi connectivity index (χ4n) is 2.44. The number of hydrogen-bond donors (Lipinski definition) is 2. The highest BCUT2D eigenvalue weighted by molar-refractivity contribution is 5.43. The van der Waals surface area contributed by atoms with E-state index in [-0.39, 0.29) is 12.2 Å². The van der Waals surface area contributed by atoms with Gasteiger partial charge in [0.25, 0.3) is 0 Å². The van der Waals surface area contributed by atoms with Gasteiger partial charge in [-0.05, 0) is 31.4 Å². The molecule has 0 radical (unpaired) electrons. The molecular formula is C14H19N5O. The zero-order valence-corrected chi connectivity index (χ0v) is 11.5. The second kappa shape index (κ2) is 6.00. The van der Waals surface area contributed by atoms with Crippen LogP contribution in [0.1, 0.15) is 37.4 Å². The van der Waals surface area contributed by atoms with Crippen LogP contribution in [-0.2, 0) is 11.2 Å². The molecule has 0 aliphatic carbocycles. The molecule has 2 aromatic heterocycles. The number of aromatic nitrogens is 4. The number of anilines is 1. The van der Waals surface area contributed by atoms with E-state index in [9.17, 15) is 0 Å². The van der Waals surface area contributed by atoms with Crippen molar-refractivity contribution in [3.63, 3.8) is 0 Å². The maximum atomic E-state index is 5.97. The number of nitrogens with zero attached hydrogens (tertiary/aromatic N) is 3. The molecular weight excluding hydrogens is 254 g/mol. The van der Waals surface area contributed by atoms with Crippen molar-refractivity contribution in [3.8, 4) is 0 Å². The third-order valence-electron chi connectivity index (χ3n) is 3.56. The smallest absolute Gasteiger partial charge is 0.153 e. The summed E-state index contributed by atoms with van der Waals surface area (Å²) in [6.07, 6.45) is 6.59. The monoisotopic (exact) mass is 273 g/mol. The number of nitrogens with one attached hydrogen (secondary N) is 2. The summed E-state index contributed by atoms with van der Waals surface area (Å²) < 4.78 is 5.97. The van der Waals surface area contributed by atoms with Crippen molar-refractivity contribution in [1.29, 1.82) is 0 Å². The lowest BCUT2D eigenvalue weighted by atomic mass is 10.2. The third-order valence-corrected chi connectivity index (χ3v) is 3.56. The molecule has 3 rings (SSSR count). The van der Waals surface area contributed by atoms with E-state index in [0.717, 1.165) is 43.0 Å². The third kappa shape index (κ3) is 2.96. The average molecular weight is 273 g/mol. The van der Waals surface area contributed by atoms with Crippen molar-refractivity contribution in [3.05, 3.63) is 36.2 Å². The van der Waals surface area contributed by atoms with Gasteiger partial charge in [0, 0.05) is 24.1 Å². The van der Waals surface area contributed by atoms with Crippen molar-refractivity contribution >= 4 is 5.69 Å². The fraction of sp³-hybridized carbons (Fsp3) is 0.500. The van der Waals surface area contributed by atoms with Crippen LogP contribution in [0.25, 0.3) is 0 Å². The van der Waals surface area contributed by atoms with Gasteiger partial charge in [0.1, 0.15) is 12.4 Å². The van der Waals surface area contributed by atoms with Crippen LogP contribution in [0.15, 0.2) is 24.7 Å². The molecule has 0 unspecified atom stereocenters. The Morgan fingerprint density at radius 2 is 2.35 bits per heavy atom. The summed E-state index contributed by atoms with van der Waals surface area (Å²) in [7, 11) is 0. The lowest BCUT2D eigenvalue weighted by Crippen LogP contribution is -2.19. The molecule has 0 aromatic carbocycles. The van der Waals surface area contributed by atoms with Crippen LogP contribution in [0.4, 0.5) is 5.69 Å². The summed E-state index contributed by atoms with van der Waals surface area (Å²) in [5.41, 5.74) is 2.20. The Morgan fingerprint density at radius 3 is 3.15 bits per heavy atom. The van der Waals surface area contributed by atoms with Crippen molar-refractivity contribution in [2.75, 3.05) is 11.9 Å². The van der Waals surface area contributed by atoms with Crippen LogP contribution < -0.4 is 5.32 Å². The van der Waals surface area contributed by atoms with Crippen LogP contribution in [0.5, 0.6) is 0 Å². The summed E-state index contributed by atoms with van der Waals surface area (Å²) in [5, 5.41) is 10.2. The Morgan fingerprint density at radius 1 is 1.40 bits per heavy atom. The van der Waals surface area contributed by atoms with Gasteiger partial charge in [-0.3, -0.25) is 10.1 Å². The lowest BCUT2D eigenvalue weighted by molar-refractivity contribution is 0.0472. The Hall–Kier alpha value is -1.95. The molecule has 0 amide bonds. The number of aryl methyl sites for hydroxylation is 1. The van der Waals surface area contributed by atoms with Gasteiger partial charge in [-0.2, -0.15) is 5.10 Å². The zero-order valence-electron chi connectivity index (χ0n) is 11.5. The topological polar surface area (TPSA) is 75.7 Å². The van der Waals surface area contributed by atoms with Crippen LogP contribution in [0.2, 0.25) is 0 Å². The van der Waals surface area contributed by atoms with Crippen LogP contribution in [0, 0.1) is 0 Å². The first-order valence-electron chi connectivity index (χ1n) is 7.04. The summed E-state index contributed by atoms with van der Waals surface area (Å²) in [4.78, 5) is 8.45. The van der Waals surface area contributed by atoms with Crippen LogP contribution in [0.3, 0.4) is 0 Å². The number of H-pyrrole nitrogens is 1. The van der Waals surface area contributed by atoms with E-state index in [1.165, 1.54) is 6.33 Å². The number of hydrogen-bond acceptors (Lipinski definition) is 5. The molecule has 0 spiro atoms. The highest BCUT2D eigenvalue weighted by Crippen LogP contribution is 2.30. The highest BCUT2D eigenvalue weighted by atomic mass is 16.5. The SMILES string of the molecule is CCc1cc(NC[C@H]2CC[C@@H](c3ncn[nH]3)O2)ccn1. The second-order valence-electron chi connectivity index (χ2n) is 4.97. The minimum atomic E-state index is 0.0490. The number of ether oxygens (including phenoxy) is 1. The molecule has 6 heteroatoms. The predicted octanol–water partition coefficient (Wildman–Crippen LogP) is 2.09. The van der Waals surface area contributed by atoms with E-state index in [4.69, 9.17) is 4.74 Å². The minimum absolute atomic E-state index is 0.0490. The van der Waals surface area contributed by atoms with Crippen LogP contribution >= 0.6 is 0 Å². The molecule has 20 heavy (non-hydrogen) atoms. The standard InChI is InChI=1S/C14H19N5O/c1-2-10-7-11(5-6-15-10)16-8-12-3-4-13(20-12)14-17-9-18-19-14/h5-7,9,12-13H,2-4,8H2,1H3,(H,15,16)(H,17,18,19)/t12-,13+/m1/s1. The van der Waals surface area contributed by atoms with Gasteiger partial charge in [-0.25, -0.2) is 4.98 Å². The van der Waals surface area contributed by atoms with E-state index in [1.807, 2.05) is 12.3 Å². The molecule has 1 aliphatic rings. The van der Waals surface area contributed by atoms with E-state index in [2.05, 4.69) is 38.5 Å². The molecule has 2 N–H and O–H groups in total. The summed E-state index contributed by atoms with van der Waals surface area (Å²) >= 11 is 0. The highest BCUT2D eigenvalue weighted by Gasteiger charge is 2.28. The van der Waals surface area contributed by atoms with Crippen LogP contribution in [-0.4, -0.2) is 32.8 Å². The molecule has 106 valence electrons. The molecule has 0 saturated carbocycles. The van der Waals surface area contributed by atoms with Crippen molar-refractivity contribution in [2.45, 2.75) is 38.4 Å². The van der Waals surface area contributed by atoms with Crippen molar-refractivity contribution in [2.24, 2.45) is 0 Å². The first-order valence-corrected chi connectivity index (χ1v) is 7.04. The Balaban J connectivity index is 1.52. The maximum absolute atomic E-state index is 5.97. The first-order chi connectivity index (χ1) is 9.85. The summed E-state index contributed by atoms with van der Waals surface area (Å²) in [6.45, 7) is 2.91. The van der Waals surface area contributed by atoms with Gasteiger partial charge < -0.3 is 10.1 Å². The summed E-state index contributed by atoms with van der Waals surface area (Å²) in [6, 6.07) is 4.07. The molecule has 3 heterocycles. The Bertz CT molecular complexity index is 542. The van der Waals surface area contributed by atoms with Gasteiger partial charge in [0.15, 0.2) is 5.82 Å². The van der Waals surface area contributed by atoms with E-state index in [1.54, 1.807) is 0 Å². The van der Waals surface area contributed by atoms with E-state index < -0.39 is 0 Å². The van der Waals surface area contributed by atoms with E-state index in [0.29, 0.717) is 0 Å². The first kappa shape index (κ1) is 13.1. The molecule has 1 fully saturated rings. The second-order valence-corrected chi connectivity index (χ2v) is 4.97. The normalized spacial score (nSPS) is 22.1. The molecule has 2 atom stereocenters. The van der Waals surface area contributed by atoms with Gasteiger partial charge in [0.05, 0.1) is 6.10 Å². The van der Waals surface area contributed by atoms with Gasteiger partial charge in [-0.15, -0.1) is 0 Å². The lowest BCUT2D eigenvalue weighted by Gasteiger charge is -2.14. The summed E-state index contributed by atoms with van der Waals surface area (Å²) in [5.74, 6) is 0.824. The van der Waals surface area contributed by atoms with Gasteiger partial charge in [0.2, 0.25) is 0 Å². The predicted molar refractivity (Wildman–Crippen MR) is 75.3 cm³/mol. The number of aromatic amines is 1.